The van der Waals surface area contributed by atoms with E-state index in [-0.39, 0.29) is 12.3 Å². The monoisotopic (exact) mass is 235 g/mol. The van der Waals surface area contributed by atoms with E-state index in [1.165, 1.54) is 12.8 Å². The number of fused-ring (bicyclic) bond motifs is 1. The highest BCUT2D eigenvalue weighted by molar-refractivity contribution is 5.56. The van der Waals surface area contributed by atoms with Gasteiger partial charge in [0.2, 0.25) is 12.5 Å². The maximum atomic E-state index is 6.45. The third-order valence-electron chi connectivity index (χ3n) is 3.73. The molecule has 1 aliphatic carbocycles. The molecule has 2 N–H and O–H groups in total. The smallest absolute Gasteiger partial charge is 0.231 e. The molecule has 0 radical (unpaired) electrons. The molecule has 0 atom stereocenters. The van der Waals surface area contributed by atoms with Gasteiger partial charge >= 0.3 is 0 Å². The summed E-state index contributed by atoms with van der Waals surface area (Å²) in [6, 6.07) is 3.98. The maximum absolute atomic E-state index is 6.45. The molecule has 0 bridgehead atoms. The molecule has 0 spiro atoms. The Kier molecular flexibility index (Phi) is 2.40. The zero-order chi connectivity index (χ0) is 11.9. The van der Waals surface area contributed by atoms with E-state index in [4.69, 9.17) is 19.9 Å². The summed E-state index contributed by atoms with van der Waals surface area (Å²) in [5, 5.41) is 0. The normalized spacial score (nSPS) is 20.6. The zero-order valence-electron chi connectivity index (χ0n) is 9.99. The third kappa shape index (κ3) is 1.63. The molecule has 0 unspecified atom stereocenters. The van der Waals surface area contributed by atoms with Crippen molar-refractivity contribution in [2.45, 2.75) is 31.2 Å². The lowest BCUT2D eigenvalue weighted by Gasteiger charge is -2.25. The Morgan fingerprint density at radius 3 is 2.71 bits per heavy atom. The van der Waals surface area contributed by atoms with Crippen LogP contribution in [0.2, 0.25) is 0 Å². The standard InChI is InChI=1S/C13H17NO3/c1-15-10-6-9(13(14)4-2-3-5-13)7-11-12(10)17-8-16-11/h6-7H,2-5,8,14H2,1H3. The van der Waals surface area contributed by atoms with Crippen LogP contribution in [0.15, 0.2) is 12.1 Å². The van der Waals surface area contributed by atoms with Crippen LogP contribution in [-0.2, 0) is 5.54 Å². The summed E-state index contributed by atoms with van der Waals surface area (Å²) < 4.78 is 16.2. The summed E-state index contributed by atoms with van der Waals surface area (Å²) in [6.45, 7) is 0.257. The molecule has 4 nitrogen and oxygen atoms in total. The minimum atomic E-state index is -0.228. The lowest BCUT2D eigenvalue weighted by atomic mass is 9.89. The third-order valence-corrected chi connectivity index (χ3v) is 3.73. The molecule has 3 rings (SSSR count). The van der Waals surface area contributed by atoms with E-state index < -0.39 is 0 Å². The Morgan fingerprint density at radius 1 is 1.24 bits per heavy atom. The van der Waals surface area contributed by atoms with Crippen molar-refractivity contribution in [2.24, 2.45) is 5.73 Å². The van der Waals surface area contributed by atoms with Crippen molar-refractivity contribution in [3.05, 3.63) is 17.7 Å². The number of methoxy groups -OCH3 is 1. The van der Waals surface area contributed by atoms with Crippen LogP contribution in [-0.4, -0.2) is 13.9 Å². The molecule has 1 aliphatic heterocycles. The van der Waals surface area contributed by atoms with Crippen LogP contribution in [0, 0.1) is 0 Å². The molecule has 0 aromatic heterocycles. The van der Waals surface area contributed by atoms with Crippen molar-refractivity contribution in [3.63, 3.8) is 0 Å². The predicted molar refractivity (Wildman–Crippen MR) is 63.5 cm³/mol. The number of nitrogens with two attached hydrogens (primary N) is 1. The van der Waals surface area contributed by atoms with Crippen molar-refractivity contribution in [2.75, 3.05) is 13.9 Å². The van der Waals surface area contributed by atoms with E-state index in [1.54, 1.807) is 7.11 Å². The Balaban J connectivity index is 2.06. The van der Waals surface area contributed by atoms with Crippen LogP contribution in [0.1, 0.15) is 31.2 Å². The molecule has 1 aromatic carbocycles. The van der Waals surface area contributed by atoms with Crippen LogP contribution in [0.4, 0.5) is 0 Å². The van der Waals surface area contributed by atoms with Crippen molar-refractivity contribution in [1.82, 2.24) is 0 Å². The molecule has 17 heavy (non-hydrogen) atoms. The minimum Gasteiger partial charge on any atom is -0.493 e. The molecule has 0 amide bonds. The van der Waals surface area contributed by atoms with Crippen molar-refractivity contribution in [3.8, 4) is 17.2 Å². The molecule has 1 saturated carbocycles. The molecule has 1 fully saturated rings. The van der Waals surface area contributed by atoms with E-state index in [1.807, 2.05) is 12.1 Å². The second kappa shape index (κ2) is 3.81. The predicted octanol–water partition coefficient (Wildman–Crippen LogP) is 2.15. The van der Waals surface area contributed by atoms with E-state index in [9.17, 15) is 0 Å². The van der Waals surface area contributed by atoms with Gasteiger partial charge in [0.25, 0.3) is 0 Å². The SMILES string of the molecule is COc1cc(C2(N)CCCC2)cc2c1OCO2. The second-order valence-electron chi connectivity index (χ2n) is 4.78. The average Bonchev–Trinajstić information content (AvgIpc) is 2.96. The first-order valence-corrected chi connectivity index (χ1v) is 6.00. The summed E-state index contributed by atoms with van der Waals surface area (Å²) in [5.41, 5.74) is 7.31. The van der Waals surface area contributed by atoms with E-state index >= 15 is 0 Å². The van der Waals surface area contributed by atoms with Crippen molar-refractivity contribution < 1.29 is 14.2 Å². The van der Waals surface area contributed by atoms with Gasteiger partial charge in [0.05, 0.1) is 7.11 Å². The van der Waals surface area contributed by atoms with Crippen LogP contribution in [0.3, 0.4) is 0 Å². The summed E-state index contributed by atoms with van der Waals surface area (Å²) in [7, 11) is 1.64. The van der Waals surface area contributed by atoms with Gasteiger partial charge in [-0.05, 0) is 30.5 Å². The lowest BCUT2D eigenvalue weighted by Crippen LogP contribution is -2.33. The molecular formula is C13H17NO3. The summed E-state index contributed by atoms with van der Waals surface area (Å²) in [4.78, 5) is 0. The topological polar surface area (TPSA) is 53.7 Å². The van der Waals surface area contributed by atoms with Gasteiger partial charge in [-0.25, -0.2) is 0 Å². The highest BCUT2D eigenvalue weighted by Crippen LogP contribution is 2.46. The summed E-state index contributed by atoms with van der Waals surface area (Å²) in [5.74, 6) is 2.15. The fraction of sp³-hybridized carbons (Fsp3) is 0.538. The van der Waals surface area contributed by atoms with Gasteiger partial charge in [-0.2, -0.15) is 0 Å². The number of benzene rings is 1. The first kappa shape index (κ1) is 10.7. The number of ether oxygens (including phenoxy) is 3. The molecule has 1 aromatic rings. The van der Waals surface area contributed by atoms with Crippen LogP contribution < -0.4 is 19.9 Å². The summed E-state index contributed by atoms with van der Waals surface area (Å²) >= 11 is 0. The quantitative estimate of drug-likeness (QED) is 0.853. The molecule has 0 saturated heterocycles. The van der Waals surface area contributed by atoms with Gasteiger partial charge in [-0.3, -0.25) is 0 Å². The number of rotatable bonds is 2. The van der Waals surface area contributed by atoms with Crippen molar-refractivity contribution in [1.29, 1.82) is 0 Å². The first-order chi connectivity index (χ1) is 8.23. The van der Waals surface area contributed by atoms with E-state index in [0.29, 0.717) is 11.5 Å². The summed E-state index contributed by atoms with van der Waals surface area (Å²) in [6.07, 6.45) is 4.42. The van der Waals surface area contributed by atoms with Gasteiger partial charge < -0.3 is 19.9 Å². The molecule has 2 aliphatic rings. The van der Waals surface area contributed by atoms with Crippen LogP contribution in [0.25, 0.3) is 0 Å². The number of hydrogen-bond donors (Lipinski definition) is 1. The lowest BCUT2D eigenvalue weighted by molar-refractivity contribution is 0.171. The minimum absolute atomic E-state index is 0.228. The highest BCUT2D eigenvalue weighted by atomic mass is 16.7. The molecule has 92 valence electrons. The molecular weight excluding hydrogens is 218 g/mol. The second-order valence-corrected chi connectivity index (χ2v) is 4.78. The Labute approximate surface area is 101 Å². The molecule has 4 heteroatoms. The average molecular weight is 235 g/mol. The van der Waals surface area contributed by atoms with Gasteiger partial charge in [0.15, 0.2) is 11.5 Å². The Bertz CT molecular complexity index is 439. The van der Waals surface area contributed by atoms with Gasteiger partial charge in [0.1, 0.15) is 0 Å². The highest BCUT2D eigenvalue weighted by Gasteiger charge is 2.34. The van der Waals surface area contributed by atoms with Gasteiger partial charge in [-0.1, -0.05) is 12.8 Å². The van der Waals surface area contributed by atoms with Gasteiger partial charge in [-0.15, -0.1) is 0 Å². The fourth-order valence-electron chi connectivity index (χ4n) is 2.71. The molecule has 1 heterocycles. The first-order valence-electron chi connectivity index (χ1n) is 6.00. The van der Waals surface area contributed by atoms with E-state index in [0.717, 1.165) is 24.2 Å². The van der Waals surface area contributed by atoms with Crippen molar-refractivity contribution >= 4 is 0 Å². The van der Waals surface area contributed by atoms with E-state index in [2.05, 4.69) is 0 Å². The maximum Gasteiger partial charge on any atom is 0.231 e. The fourth-order valence-corrected chi connectivity index (χ4v) is 2.71. The Hall–Kier alpha value is -1.42. The zero-order valence-corrected chi connectivity index (χ0v) is 9.99. The number of hydrogen-bond acceptors (Lipinski definition) is 4. The van der Waals surface area contributed by atoms with Crippen LogP contribution in [0.5, 0.6) is 17.2 Å². The largest absolute Gasteiger partial charge is 0.493 e. The Morgan fingerprint density at radius 2 is 2.00 bits per heavy atom. The van der Waals surface area contributed by atoms with Crippen LogP contribution >= 0.6 is 0 Å². The van der Waals surface area contributed by atoms with Gasteiger partial charge in [0, 0.05) is 5.54 Å².